The molecule has 2 aliphatic carbocycles. The quantitative estimate of drug-likeness (QED) is 0.782. The van der Waals surface area contributed by atoms with Crippen molar-refractivity contribution in [3.8, 4) is 0 Å². The molecule has 0 saturated heterocycles. The molecule has 0 radical (unpaired) electrons. The predicted octanol–water partition coefficient (Wildman–Crippen LogP) is 3.94. The average molecular weight is 267 g/mol. The van der Waals surface area contributed by atoms with E-state index in [4.69, 9.17) is 0 Å². The van der Waals surface area contributed by atoms with Crippen molar-refractivity contribution < 1.29 is 13.2 Å². The predicted molar refractivity (Wildman–Crippen MR) is 65.1 cm³/mol. The molecule has 0 amide bonds. The minimum absolute atomic E-state index is 0.141. The number of halogens is 3. The second-order valence-corrected chi connectivity index (χ2v) is 6.57. The second kappa shape index (κ2) is 5.39. The van der Waals surface area contributed by atoms with Crippen molar-refractivity contribution in [2.24, 2.45) is 5.41 Å². The van der Waals surface area contributed by atoms with Crippen LogP contribution in [0.3, 0.4) is 0 Å². The van der Waals surface area contributed by atoms with Crippen LogP contribution in [-0.2, 0) is 0 Å². The molecule has 0 atom stereocenters. The average Bonchev–Trinajstić information content (AvgIpc) is 2.95. The first-order valence-corrected chi connectivity index (χ1v) is 7.42. The van der Waals surface area contributed by atoms with Crippen LogP contribution in [0.15, 0.2) is 0 Å². The van der Waals surface area contributed by atoms with Gasteiger partial charge in [0.15, 0.2) is 0 Å². The highest BCUT2D eigenvalue weighted by Gasteiger charge is 2.37. The minimum Gasteiger partial charge on any atom is -0.313 e. The van der Waals surface area contributed by atoms with E-state index in [1.807, 2.05) is 0 Å². The van der Waals surface area contributed by atoms with Gasteiger partial charge in [0, 0.05) is 18.3 Å². The minimum atomic E-state index is -4.07. The van der Waals surface area contributed by atoms with Crippen LogP contribution in [0, 0.1) is 5.41 Å². The molecule has 2 aliphatic rings. The molecule has 100 valence electrons. The fourth-order valence-corrected chi connectivity index (χ4v) is 3.44. The lowest BCUT2D eigenvalue weighted by molar-refractivity contribution is -0.0329. The highest BCUT2D eigenvalue weighted by molar-refractivity contribution is 8.00. The smallest absolute Gasteiger partial charge is 0.313 e. The van der Waals surface area contributed by atoms with Crippen LogP contribution in [0.1, 0.15) is 44.9 Å². The Kier molecular flexibility index (Phi) is 4.29. The van der Waals surface area contributed by atoms with Crippen molar-refractivity contribution in [2.45, 2.75) is 56.5 Å². The molecular weight excluding hydrogens is 247 g/mol. The third-order valence-electron chi connectivity index (χ3n) is 3.91. The van der Waals surface area contributed by atoms with Crippen molar-refractivity contribution in [1.29, 1.82) is 0 Å². The van der Waals surface area contributed by atoms with E-state index in [0.29, 0.717) is 12.5 Å². The van der Waals surface area contributed by atoms with Crippen LogP contribution in [0.4, 0.5) is 13.2 Å². The van der Waals surface area contributed by atoms with Crippen molar-refractivity contribution in [2.75, 3.05) is 12.3 Å². The molecule has 0 spiro atoms. The van der Waals surface area contributed by atoms with Crippen LogP contribution >= 0.6 is 11.8 Å². The third-order valence-corrected chi connectivity index (χ3v) is 4.64. The number of thioether (sulfide) groups is 1. The van der Waals surface area contributed by atoms with Crippen molar-refractivity contribution in [3.05, 3.63) is 0 Å². The molecule has 1 N–H and O–H groups in total. The summed E-state index contributed by atoms with van der Waals surface area (Å²) in [5, 5.41) is 3.50. The number of nitrogens with one attached hydrogen (secondary N) is 1. The van der Waals surface area contributed by atoms with Crippen LogP contribution in [0.25, 0.3) is 0 Å². The zero-order valence-corrected chi connectivity index (χ0v) is 10.8. The third kappa shape index (κ3) is 4.70. The van der Waals surface area contributed by atoms with Gasteiger partial charge in [0.25, 0.3) is 0 Å². The van der Waals surface area contributed by atoms with E-state index in [2.05, 4.69) is 5.32 Å². The first-order valence-electron chi connectivity index (χ1n) is 6.43. The highest BCUT2D eigenvalue weighted by atomic mass is 32.2. The molecule has 2 rings (SSSR count). The van der Waals surface area contributed by atoms with Gasteiger partial charge in [-0.15, -0.1) is 0 Å². The van der Waals surface area contributed by atoms with E-state index < -0.39 is 5.51 Å². The molecule has 0 aromatic rings. The lowest BCUT2D eigenvalue weighted by Crippen LogP contribution is -2.34. The summed E-state index contributed by atoms with van der Waals surface area (Å²) in [7, 11) is 0. The van der Waals surface area contributed by atoms with E-state index in [1.54, 1.807) is 0 Å². The summed E-state index contributed by atoms with van der Waals surface area (Å²) < 4.78 is 36.4. The first kappa shape index (κ1) is 13.5. The van der Waals surface area contributed by atoms with Crippen LogP contribution < -0.4 is 5.32 Å². The molecule has 2 fully saturated rings. The van der Waals surface area contributed by atoms with Crippen LogP contribution in [0.5, 0.6) is 0 Å². The summed E-state index contributed by atoms with van der Waals surface area (Å²) >= 11 is 0.141. The molecule has 0 bridgehead atoms. The summed E-state index contributed by atoms with van der Waals surface area (Å²) in [5.74, 6) is 0.218. The Morgan fingerprint density at radius 3 is 2.35 bits per heavy atom. The van der Waals surface area contributed by atoms with Gasteiger partial charge in [-0.05, 0) is 37.5 Å². The Balaban J connectivity index is 1.74. The Morgan fingerprint density at radius 1 is 1.18 bits per heavy atom. The van der Waals surface area contributed by atoms with Gasteiger partial charge < -0.3 is 5.32 Å². The number of hydrogen-bond acceptors (Lipinski definition) is 2. The Labute approximate surface area is 105 Å². The number of hydrogen-bond donors (Lipinski definition) is 1. The normalized spacial score (nSPS) is 24.2. The van der Waals surface area contributed by atoms with E-state index in [9.17, 15) is 13.2 Å². The molecule has 0 aliphatic heterocycles. The van der Waals surface area contributed by atoms with Gasteiger partial charge in [-0.1, -0.05) is 24.6 Å². The largest absolute Gasteiger partial charge is 0.441 e. The molecule has 1 nitrogen and oxygen atoms in total. The maximum atomic E-state index is 12.1. The van der Waals surface area contributed by atoms with Crippen molar-refractivity contribution in [1.82, 2.24) is 5.32 Å². The van der Waals surface area contributed by atoms with E-state index in [1.165, 1.54) is 25.7 Å². The number of alkyl halides is 3. The molecular formula is C12H20F3NS. The molecule has 0 heterocycles. The van der Waals surface area contributed by atoms with Crippen molar-refractivity contribution >= 4 is 11.8 Å². The van der Waals surface area contributed by atoms with Gasteiger partial charge in [0.05, 0.1) is 0 Å². The molecule has 17 heavy (non-hydrogen) atoms. The zero-order chi connectivity index (χ0) is 12.4. The van der Waals surface area contributed by atoms with Gasteiger partial charge in [-0.25, -0.2) is 0 Å². The Bertz CT molecular complexity index is 245. The molecule has 0 aromatic heterocycles. The van der Waals surface area contributed by atoms with E-state index >= 15 is 0 Å². The van der Waals surface area contributed by atoms with Gasteiger partial charge >= 0.3 is 5.51 Å². The van der Waals surface area contributed by atoms with E-state index in [0.717, 1.165) is 19.4 Å². The lowest BCUT2D eigenvalue weighted by Gasteiger charge is -2.29. The lowest BCUT2D eigenvalue weighted by atomic mass is 9.83. The molecule has 0 aromatic carbocycles. The van der Waals surface area contributed by atoms with Crippen molar-refractivity contribution in [3.63, 3.8) is 0 Å². The SMILES string of the molecule is FC(F)(F)SCCC1(CNC2CC2)CCCC1. The fourth-order valence-electron chi connectivity index (χ4n) is 2.67. The Hall–Kier alpha value is 0.1000. The topological polar surface area (TPSA) is 12.0 Å². The summed E-state index contributed by atoms with van der Waals surface area (Å²) in [6, 6.07) is 0.655. The zero-order valence-electron chi connectivity index (χ0n) is 9.98. The summed E-state index contributed by atoms with van der Waals surface area (Å²) in [5.41, 5.74) is -3.91. The van der Waals surface area contributed by atoms with Gasteiger partial charge in [0.1, 0.15) is 0 Å². The van der Waals surface area contributed by atoms with Gasteiger partial charge in [-0.3, -0.25) is 0 Å². The maximum absolute atomic E-state index is 12.1. The van der Waals surface area contributed by atoms with Gasteiger partial charge in [-0.2, -0.15) is 13.2 Å². The fraction of sp³-hybridized carbons (Fsp3) is 1.00. The van der Waals surface area contributed by atoms with Gasteiger partial charge in [0.2, 0.25) is 0 Å². The molecule has 5 heteroatoms. The number of rotatable bonds is 6. The maximum Gasteiger partial charge on any atom is 0.441 e. The second-order valence-electron chi connectivity index (χ2n) is 5.41. The Morgan fingerprint density at radius 2 is 1.82 bits per heavy atom. The highest BCUT2D eigenvalue weighted by Crippen LogP contribution is 2.43. The summed E-state index contributed by atoms with van der Waals surface area (Å²) in [4.78, 5) is 0. The summed E-state index contributed by atoms with van der Waals surface area (Å²) in [6.45, 7) is 0.927. The van der Waals surface area contributed by atoms with E-state index in [-0.39, 0.29) is 22.9 Å². The van der Waals surface area contributed by atoms with Crippen LogP contribution in [-0.4, -0.2) is 23.8 Å². The summed E-state index contributed by atoms with van der Waals surface area (Å²) in [6.07, 6.45) is 7.76. The first-order chi connectivity index (χ1) is 7.99. The molecule has 2 saturated carbocycles. The van der Waals surface area contributed by atoms with Crippen LogP contribution in [0.2, 0.25) is 0 Å². The molecule has 0 unspecified atom stereocenters. The monoisotopic (exact) mass is 267 g/mol. The standard InChI is InChI=1S/C12H20F3NS/c13-12(14,15)17-8-7-11(5-1-2-6-11)9-16-10-3-4-10/h10,16H,1-9H2.